The topological polar surface area (TPSA) is 104 Å². The molecule has 0 aliphatic heterocycles. The number of nitrogen functional groups attached to an aromatic ring is 3. The SMILES string of the molecule is Cc1cc(N)c(Cl)cc1Sc1nc(N)cc(N)n1. The number of aryl methyl sites for hydroxylation is 1. The van der Waals surface area contributed by atoms with Crippen molar-refractivity contribution in [3.8, 4) is 0 Å². The van der Waals surface area contributed by atoms with Gasteiger partial charge in [0, 0.05) is 11.0 Å². The van der Waals surface area contributed by atoms with Gasteiger partial charge in [-0.3, -0.25) is 0 Å². The van der Waals surface area contributed by atoms with Gasteiger partial charge in [0.2, 0.25) is 0 Å². The maximum absolute atomic E-state index is 5.99. The zero-order valence-electron chi connectivity index (χ0n) is 9.64. The van der Waals surface area contributed by atoms with Gasteiger partial charge in [-0.1, -0.05) is 11.6 Å². The highest BCUT2D eigenvalue weighted by atomic mass is 35.5. The Morgan fingerprint density at radius 3 is 2.28 bits per heavy atom. The summed E-state index contributed by atoms with van der Waals surface area (Å²) in [4.78, 5) is 9.11. The Balaban J connectivity index is 2.36. The van der Waals surface area contributed by atoms with Gasteiger partial charge >= 0.3 is 0 Å². The summed E-state index contributed by atoms with van der Waals surface area (Å²) in [6.07, 6.45) is 0. The number of hydrogen-bond acceptors (Lipinski definition) is 6. The van der Waals surface area contributed by atoms with Crippen molar-refractivity contribution in [2.75, 3.05) is 17.2 Å². The van der Waals surface area contributed by atoms with Gasteiger partial charge < -0.3 is 17.2 Å². The van der Waals surface area contributed by atoms with Gasteiger partial charge in [-0.2, -0.15) is 0 Å². The van der Waals surface area contributed by atoms with Crippen LogP contribution in [0.15, 0.2) is 28.3 Å². The Kier molecular flexibility index (Phi) is 3.49. The van der Waals surface area contributed by atoms with Gasteiger partial charge in [0.1, 0.15) is 11.6 Å². The van der Waals surface area contributed by atoms with E-state index in [1.54, 1.807) is 12.1 Å². The zero-order chi connectivity index (χ0) is 13.3. The summed E-state index contributed by atoms with van der Waals surface area (Å²) in [7, 11) is 0. The molecule has 1 aromatic carbocycles. The van der Waals surface area contributed by atoms with E-state index in [0.717, 1.165) is 10.5 Å². The number of nitrogens with two attached hydrogens (primary N) is 3. The Hall–Kier alpha value is -1.66. The number of aromatic nitrogens is 2. The summed E-state index contributed by atoms with van der Waals surface area (Å²) in [5.74, 6) is 0.674. The molecule has 94 valence electrons. The van der Waals surface area contributed by atoms with Gasteiger partial charge in [-0.15, -0.1) is 0 Å². The van der Waals surface area contributed by atoms with Crippen LogP contribution in [0.2, 0.25) is 5.02 Å². The van der Waals surface area contributed by atoms with Crippen molar-refractivity contribution in [3.05, 3.63) is 28.8 Å². The van der Waals surface area contributed by atoms with Crippen LogP contribution in [-0.2, 0) is 0 Å². The molecule has 0 saturated heterocycles. The molecule has 0 saturated carbocycles. The molecule has 0 spiro atoms. The van der Waals surface area contributed by atoms with E-state index in [-0.39, 0.29) is 0 Å². The molecule has 0 aliphatic carbocycles. The van der Waals surface area contributed by atoms with Crippen molar-refractivity contribution in [2.45, 2.75) is 17.0 Å². The molecule has 6 N–H and O–H groups in total. The third kappa shape index (κ3) is 2.77. The second-order valence-corrected chi connectivity index (χ2v) is 5.16. The van der Waals surface area contributed by atoms with Crippen LogP contribution in [0.25, 0.3) is 0 Å². The van der Waals surface area contributed by atoms with E-state index in [0.29, 0.717) is 27.5 Å². The largest absolute Gasteiger partial charge is 0.398 e. The fourth-order valence-corrected chi connectivity index (χ4v) is 2.53. The molecule has 7 heteroatoms. The maximum atomic E-state index is 5.99. The van der Waals surface area contributed by atoms with Gasteiger partial charge in [0.05, 0.1) is 10.7 Å². The predicted molar refractivity (Wildman–Crippen MR) is 75.6 cm³/mol. The van der Waals surface area contributed by atoms with E-state index in [2.05, 4.69) is 9.97 Å². The maximum Gasteiger partial charge on any atom is 0.196 e. The highest BCUT2D eigenvalue weighted by Gasteiger charge is 2.08. The lowest BCUT2D eigenvalue weighted by Gasteiger charge is -2.08. The lowest BCUT2D eigenvalue weighted by molar-refractivity contribution is 0.983. The monoisotopic (exact) mass is 281 g/mol. The quantitative estimate of drug-likeness (QED) is 0.576. The molecule has 0 unspecified atom stereocenters. The van der Waals surface area contributed by atoms with E-state index in [4.69, 9.17) is 28.8 Å². The smallest absolute Gasteiger partial charge is 0.196 e. The fraction of sp³-hybridized carbons (Fsp3) is 0.0909. The molecule has 0 aliphatic rings. The van der Waals surface area contributed by atoms with E-state index in [9.17, 15) is 0 Å². The lowest BCUT2D eigenvalue weighted by Crippen LogP contribution is -1.99. The summed E-state index contributed by atoms with van der Waals surface area (Å²) < 4.78 is 0. The Bertz CT molecular complexity index is 582. The number of nitrogens with zero attached hydrogens (tertiary/aromatic N) is 2. The van der Waals surface area contributed by atoms with Gasteiger partial charge in [0.25, 0.3) is 0 Å². The molecule has 0 atom stereocenters. The van der Waals surface area contributed by atoms with Crippen LogP contribution < -0.4 is 17.2 Å². The molecule has 18 heavy (non-hydrogen) atoms. The molecule has 0 amide bonds. The average Bonchev–Trinajstić information content (AvgIpc) is 2.24. The van der Waals surface area contributed by atoms with E-state index < -0.39 is 0 Å². The van der Waals surface area contributed by atoms with Crippen LogP contribution in [0.3, 0.4) is 0 Å². The summed E-state index contributed by atoms with van der Waals surface area (Å²) in [5, 5.41) is 0.983. The second kappa shape index (κ2) is 4.91. The normalized spacial score (nSPS) is 10.6. The zero-order valence-corrected chi connectivity index (χ0v) is 11.2. The first-order chi connectivity index (χ1) is 8.45. The first kappa shape index (κ1) is 12.8. The number of rotatable bonds is 2. The van der Waals surface area contributed by atoms with Crippen molar-refractivity contribution in [1.29, 1.82) is 0 Å². The van der Waals surface area contributed by atoms with Crippen LogP contribution >= 0.6 is 23.4 Å². The molecule has 0 radical (unpaired) electrons. The first-order valence-corrected chi connectivity index (χ1v) is 6.28. The van der Waals surface area contributed by atoms with Gasteiger partial charge in [-0.05, 0) is 36.4 Å². The van der Waals surface area contributed by atoms with Crippen LogP contribution in [0.1, 0.15) is 5.56 Å². The van der Waals surface area contributed by atoms with Crippen molar-refractivity contribution >= 4 is 40.7 Å². The van der Waals surface area contributed by atoms with Crippen molar-refractivity contribution in [3.63, 3.8) is 0 Å². The summed E-state index contributed by atoms with van der Waals surface area (Å²) >= 11 is 7.33. The molecule has 1 aromatic heterocycles. The minimum absolute atomic E-state index is 0.337. The first-order valence-electron chi connectivity index (χ1n) is 5.09. The minimum Gasteiger partial charge on any atom is -0.398 e. The number of benzene rings is 1. The molecule has 5 nitrogen and oxygen atoms in total. The second-order valence-electron chi connectivity index (χ2n) is 3.74. The van der Waals surface area contributed by atoms with Crippen LogP contribution in [0.4, 0.5) is 17.3 Å². The molecular formula is C11H12ClN5S. The van der Waals surface area contributed by atoms with E-state index in [1.807, 2.05) is 6.92 Å². The average molecular weight is 282 g/mol. The van der Waals surface area contributed by atoms with Crippen molar-refractivity contribution < 1.29 is 0 Å². The standard InChI is InChI=1S/C11H12ClN5S/c1-5-2-7(13)6(12)3-8(5)18-11-16-9(14)4-10(15)17-11/h2-4H,13H2,1H3,(H4,14,15,16,17). The summed E-state index contributed by atoms with van der Waals surface area (Å²) in [6.45, 7) is 1.94. The molecular weight excluding hydrogens is 270 g/mol. The minimum atomic E-state index is 0.337. The summed E-state index contributed by atoms with van der Waals surface area (Å²) in [5.41, 5.74) is 18.5. The third-order valence-corrected chi connectivity index (χ3v) is 3.59. The Morgan fingerprint density at radius 1 is 1.06 bits per heavy atom. The predicted octanol–water partition coefficient (Wildman–Crippen LogP) is 2.34. The Labute approximate surface area is 114 Å². The van der Waals surface area contributed by atoms with Crippen LogP contribution in [0.5, 0.6) is 0 Å². The highest BCUT2D eigenvalue weighted by molar-refractivity contribution is 7.99. The molecule has 0 fully saturated rings. The molecule has 2 rings (SSSR count). The third-order valence-electron chi connectivity index (χ3n) is 2.24. The van der Waals surface area contributed by atoms with Crippen LogP contribution in [-0.4, -0.2) is 9.97 Å². The Morgan fingerprint density at radius 2 is 1.67 bits per heavy atom. The van der Waals surface area contributed by atoms with Crippen molar-refractivity contribution in [1.82, 2.24) is 9.97 Å². The highest BCUT2D eigenvalue weighted by Crippen LogP contribution is 2.33. The molecule has 2 aromatic rings. The summed E-state index contributed by atoms with van der Waals surface area (Å²) in [6, 6.07) is 5.09. The van der Waals surface area contributed by atoms with Gasteiger partial charge in [0.15, 0.2) is 5.16 Å². The molecule has 0 bridgehead atoms. The number of anilines is 3. The van der Waals surface area contributed by atoms with Crippen molar-refractivity contribution in [2.24, 2.45) is 0 Å². The van der Waals surface area contributed by atoms with Gasteiger partial charge in [-0.25, -0.2) is 9.97 Å². The number of halogens is 1. The van der Waals surface area contributed by atoms with Crippen LogP contribution in [0, 0.1) is 6.92 Å². The van der Waals surface area contributed by atoms with E-state index >= 15 is 0 Å². The fourth-order valence-electron chi connectivity index (χ4n) is 1.40. The molecule has 1 heterocycles. The lowest BCUT2D eigenvalue weighted by atomic mass is 10.2. The number of hydrogen-bond donors (Lipinski definition) is 3. The van der Waals surface area contributed by atoms with E-state index in [1.165, 1.54) is 17.8 Å².